The maximum Gasteiger partial charge on any atom is 0.229 e. The zero-order valence-electron chi connectivity index (χ0n) is 8.08. The first-order valence-corrected chi connectivity index (χ1v) is 5.52. The molecule has 0 aromatic rings. The molecule has 0 aliphatic heterocycles. The van der Waals surface area contributed by atoms with Crippen LogP contribution < -0.4 is 5.32 Å². The molecule has 0 saturated heterocycles. The van der Waals surface area contributed by atoms with Crippen molar-refractivity contribution in [3.8, 4) is 0 Å². The van der Waals surface area contributed by atoms with Crippen molar-refractivity contribution in [2.45, 2.75) is 12.5 Å². The second-order valence-electron chi connectivity index (χ2n) is 2.68. The topological polar surface area (TPSA) is 58.6 Å². The van der Waals surface area contributed by atoms with Gasteiger partial charge in [-0.15, -0.1) is 0 Å². The first-order chi connectivity index (χ1) is 6.20. The van der Waals surface area contributed by atoms with E-state index in [9.17, 15) is 9.90 Å². The fraction of sp³-hybridized carbons (Fsp3) is 0.875. The number of amides is 1. The van der Waals surface area contributed by atoms with Crippen molar-refractivity contribution in [2.24, 2.45) is 0 Å². The van der Waals surface area contributed by atoms with Gasteiger partial charge in [-0.3, -0.25) is 4.79 Å². The summed E-state index contributed by atoms with van der Waals surface area (Å²) in [5, 5.41) is 11.9. The fourth-order valence-corrected chi connectivity index (χ4v) is 1.20. The van der Waals surface area contributed by atoms with Gasteiger partial charge < -0.3 is 15.2 Å². The van der Waals surface area contributed by atoms with Crippen molar-refractivity contribution in [3.63, 3.8) is 0 Å². The Balaban J connectivity index is 3.28. The number of hydrogen-bond donors (Lipinski definition) is 2. The molecular weight excluding hydrogens is 190 g/mol. The van der Waals surface area contributed by atoms with E-state index in [2.05, 4.69) is 5.32 Å². The molecule has 0 heterocycles. The zero-order chi connectivity index (χ0) is 10.1. The first-order valence-electron chi connectivity index (χ1n) is 4.13. The third-order valence-electron chi connectivity index (χ3n) is 1.43. The lowest BCUT2D eigenvalue weighted by Crippen LogP contribution is -2.29. The summed E-state index contributed by atoms with van der Waals surface area (Å²) in [4.78, 5) is 10.9. The van der Waals surface area contributed by atoms with Crippen LogP contribution in [-0.2, 0) is 9.53 Å². The Hall–Kier alpha value is -0.260. The van der Waals surface area contributed by atoms with Crippen molar-refractivity contribution in [1.82, 2.24) is 5.32 Å². The third-order valence-corrected chi connectivity index (χ3v) is 1.99. The predicted molar refractivity (Wildman–Crippen MR) is 53.9 cm³/mol. The van der Waals surface area contributed by atoms with E-state index < -0.39 is 6.10 Å². The average molecular weight is 207 g/mol. The number of hydrogen-bond acceptors (Lipinski definition) is 4. The van der Waals surface area contributed by atoms with Crippen molar-refractivity contribution in [2.75, 3.05) is 32.3 Å². The van der Waals surface area contributed by atoms with Crippen molar-refractivity contribution < 1.29 is 14.6 Å². The number of carbonyl (C=O) groups is 1. The Morgan fingerprint density at radius 2 is 2.38 bits per heavy atom. The normalized spacial score (nSPS) is 12.5. The summed E-state index contributed by atoms with van der Waals surface area (Å²) in [5.74, 6) is 0.484. The molecule has 0 rings (SSSR count). The van der Waals surface area contributed by atoms with E-state index in [0.717, 1.165) is 0 Å². The lowest BCUT2D eigenvalue weighted by atomic mass is 10.3. The van der Waals surface area contributed by atoms with Gasteiger partial charge in [0.2, 0.25) is 5.91 Å². The smallest absolute Gasteiger partial charge is 0.229 e. The number of thioether (sulfide) groups is 1. The van der Waals surface area contributed by atoms with E-state index in [1.54, 1.807) is 0 Å². The quantitative estimate of drug-likeness (QED) is 0.610. The van der Waals surface area contributed by atoms with E-state index in [-0.39, 0.29) is 5.91 Å². The predicted octanol–water partition coefficient (Wildman–Crippen LogP) is -0.137. The third kappa shape index (κ3) is 8.08. The molecule has 1 amide bonds. The van der Waals surface area contributed by atoms with Crippen LogP contribution >= 0.6 is 11.8 Å². The number of nitrogens with one attached hydrogen (secondary N) is 1. The van der Waals surface area contributed by atoms with Crippen molar-refractivity contribution in [3.05, 3.63) is 0 Å². The second-order valence-corrected chi connectivity index (χ2v) is 3.55. The Morgan fingerprint density at radius 1 is 1.69 bits per heavy atom. The van der Waals surface area contributed by atoms with E-state index >= 15 is 0 Å². The van der Waals surface area contributed by atoms with Crippen LogP contribution in [0.15, 0.2) is 0 Å². The van der Waals surface area contributed by atoms with Crippen molar-refractivity contribution in [1.29, 1.82) is 0 Å². The molecule has 0 aliphatic carbocycles. The van der Waals surface area contributed by atoms with Gasteiger partial charge in [-0.05, 0) is 12.7 Å². The molecule has 1 unspecified atom stereocenters. The van der Waals surface area contributed by atoms with Gasteiger partial charge in [0.05, 0.1) is 18.5 Å². The molecule has 2 N–H and O–H groups in total. The summed E-state index contributed by atoms with van der Waals surface area (Å²) in [6.07, 6.45) is 1.92. The molecular formula is C8H17NO3S. The van der Waals surface area contributed by atoms with Crippen LogP contribution in [0.25, 0.3) is 0 Å². The molecule has 0 aliphatic rings. The summed E-state index contributed by atoms with van der Waals surface area (Å²) >= 11 is 1.48. The molecule has 1 atom stereocenters. The van der Waals surface area contributed by atoms with E-state index in [1.165, 1.54) is 18.9 Å². The van der Waals surface area contributed by atoms with Crippen LogP contribution in [0, 0.1) is 0 Å². The monoisotopic (exact) mass is 207 g/mol. The van der Waals surface area contributed by atoms with Crippen LogP contribution in [0.5, 0.6) is 0 Å². The summed E-state index contributed by atoms with van der Waals surface area (Å²) in [6.45, 7) is 0.822. The molecule has 5 heteroatoms. The first kappa shape index (κ1) is 12.7. The Morgan fingerprint density at radius 3 is 2.92 bits per heavy atom. The maximum absolute atomic E-state index is 10.9. The van der Waals surface area contributed by atoms with E-state index in [1.807, 2.05) is 6.26 Å². The molecule has 0 aromatic heterocycles. The standard InChI is InChI=1S/C8H17NO3S/c1-12-5-7(10)3-4-9-8(11)6-13-2/h7,10H,3-6H2,1-2H3,(H,9,11). The van der Waals surface area contributed by atoms with Crippen LogP contribution in [0.4, 0.5) is 0 Å². The van der Waals surface area contributed by atoms with Gasteiger partial charge in [0.15, 0.2) is 0 Å². The van der Waals surface area contributed by atoms with Gasteiger partial charge in [-0.1, -0.05) is 0 Å². The summed E-state index contributed by atoms with van der Waals surface area (Å²) in [5.41, 5.74) is 0. The Bertz CT molecular complexity index is 143. The SMILES string of the molecule is COCC(O)CCNC(=O)CSC. The van der Waals surface area contributed by atoms with E-state index in [4.69, 9.17) is 4.74 Å². The number of rotatable bonds is 7. The summed E-state index contributed by atoms with van der Waals surface area (Å²) in [6, 6.07) is 0. The fourth-order valence-electron chi connectivity index (χ4n) is 0.836. The lowest BCUT2D eigenvalue weighted by Gasteiger charge is -2.09. The van der Waals surface area contributed by atoms with Gasteiger partial charge in [-0.2, -0.15) is 11.8 Å². The molecule has 0 fully saturated rings. The molecule has 0 aromatic carbocycles. The van der Waals surface area contributed by atoms with Gasteiger partial charge >= 0.3 is 0 Å². The Kier molecular flexibility index (Phi) is 8.18. The maximum atomic E-state index is 10.9. The minimum atomic E-state index is -0.487. The number of methoxy groups -OCH3 is 1. The average Bonchev–Trinajstić information content (AvgIpc) is 2.05. The Labute approximate surface area is 83.0 Å². The largest absolute Gasteiger partial charge is 0.391 e. The van der Waals surface area contributed by atoms with E-state index in [0.29, 0.717) is 25.3 Å². The number of ether oxygens (including phenoxy) is 1. The molecule has 0 bridgehead atoms. The van der Waals surface area contributed by atoms with Crippen LogP contribution in [0.3, 0.4) is 0 Å². The van der Waals surface area contributed by atoms with Gasteiger partial charge in [-0.25, -0.2) is 0 Å². The van der Waals surface area contributed by atoms with Gasteiger partial charge in [0, 0.05) is 13.7 Å². The highest BCUT2D eigenvalue weighted by atomic mass is 32.2. The highest BCUT2D eigenvalue weighted by molar-refractivity contribution is 7.99. The minimum absolute atomic E-state index is 0.0112. The molecule has 4 nitrogen and oxygen atoms in total. The lowest BCUT2D eigenvalue weighted by molar-refractivity contribution is -0.118. The van der Waals surface area contributed by atoms with Crippen LogP contribution in [0.1, 0.15) is 6.42 Å². The highest BCUT2D eigenvalue weighted by Crippen LogP contribution is 1.92. The zero-order valence-corrected chi connectivity index (χ0v) is 8.89. The summed E-state index contributed by atoms with van der Waals surface area (Å²) in [7, 11) is 1.54. The number of aliphatic hydroxyl groups is 1. The molecule has 0 saturated carbocycles. The second kappa shape index (κ2) is 8.34. The number of carbonyl (C=O) groups excluding carboxylic acids is 1. The van der Waals surface area contributed by atoms with Crippen LogP contribution in [0.2, 0.25) is 0 Å². The van der Waals surface area contributed by atoms with Crippen LogP contribution in [-0.4, -0.2) is 49.4 Å². The molecule has 78 valence electrons. The van der Waals surface area contributed by atoms with Gasteiger partial charge in [0.25, 0.3) is 0 Å². The molecule has 13 heavy (non-hydrogen) atoms. The van der Waals surface area contributed by atoms with Gasteiger partial charge in [0.1, 0.15) is 0 Å². The number of aliphatic hydroxyl groups excluding tert-OH is 1. The minimum Gasteiger partial charge on any atom is -0.391 e. The molecule has 0 radical (unpaired) electrons. The summed E-state index contributed by atoms with van der Waals surface area (Å²) < 4.78 is 4.74. The molecule has 0 spiro atoms. The van der Waals surface area contributed by atoms with Crippen molar-refractivity contribution >= 4 is 17.7 Å². The highest BCUT2D eigenvalue weighted by Gasteiger charge is 2.04.